The normalized spacial score (nSPS) is 15.6. The van der Waals surface area contributed by atoms with Crippen LogP contribution < -0.4 is 5.14 Å². The van der Waals surface area contributed by atoms with Crippen LogP contribution in [0.25, 0.3) is 11.4 Å². The lowest BCUT2D eigenvalue weighted by molar-refractivity contribution is 0.565. The van der Waals surface area contributed by atoms with Crippen LogP contribution in [0.2, 0.25) is 0 Å². The number of halogens is 2. The zero-order valence-electron chi connectivity index (χ0n) is 10.1. The summed E-state index contributed by atoms with van der Waals surface area (Å²) in [4.78, 5) is 0. The Balaban J connectivity index is 2.25. The van der Waals surface area contributed by atoms with E-state index in [0.29, 0.717) is 12.8 Å². The SMILES string of the molecule is NS(=O)(=O)c1nnc(-c2cc(F)ccc2F)n1C1CC1. The molecule has 1 aromatic carbocycles. The molecule has 20 heavy (non-hydrogen) atoms. The minimum atomic E-state index is -4.08. The first kappa shape index (κ1) is 13.1. The molecule has 1 fully saturated rings. The molecular weight excluding hydrogens is 290 g/mol. The van der Waals surface area contributed by atoms with Crippen molar-refractivity contribution in [3.8, 4) is 11.4 Å². The van der Waals surface area contributed by atoms with Gasteiger partial charge < -0.3 is 0 Å². The van der Waals surface area contributed by atoms with Crippen LogP contribution in [0.15, 0.2) is 23.4 Å². The van der Waals surface area contributed by atoms with Gasteiger partial charge in [-0.15, -0.1) is 10.2 Å². The molecule has 0 radical (unpaired) electrons. The van der Waals surface area contributed by atoms with E-state index in [1.54, 1.807) is 0 Å². The maximum atomic E-state index is 13.8. The summed E-state index contributed by atoms with van der Waals surface area (Å²) in [7, 11) is -4.08. The predicted molar refractivity (Wildman–Crippen MR) is 65.0 cm³/mol. The smallest absolute Gasteiger partial charge is 0.273 e. The van der Waals surface area contributed by atoms with Gasteiger partial charge in [0.2, 0.25) is 0 Å². The van der Waals surface area contributed by atoms with E-state index in [4.69, 9.17) is 5.14 Å². The molecule has 0 saturated heterocycles. The second kappa shape index (κ2) is 4.32. The third kappa shape index (κ3) is 2.18. The Morgan fingerprint density at radius 1 is 1.25 bits per heavy atom. The maximum Gasteiger partial charge on any atom is 0.273 e. The van der Waals surface area contributed by atoms with Crippen molar-refractivity contribution in [2.24, 2.45) is 5.14 Å². The first-order valence-electron chi connectivity index (χ1n) is 5.81. The molecule has 1 aromatic heterocycles. The highest BCUT2D eigenvalue weighted by Gasteiger charge is 2.34. The number of sulfonamides is 1. The number of hydrogen-bond acceptors (Lipinski definition) is 4. The predicted octanol–water partition coefficient (Wildman–Crippen LogP) is 1.21. The lowest BCUT2D eigenvalue weighted by Gasteiger charge is -2.08. The molecule has 3 rings (SSSR count). The molecule has 0 aliphatic heterocycles. The van der Waals surface area contributed by atoms with Gasteiger partial charge >= 0.3 is 0 Å². The van der Waals surface area contributed by atoms with Crippen LogP contribution in [0, 0.1) is 11.6 Å². The highest BCUT2D eigenvalue weighted by Crippen LogP contribution is 2.40. The van der Waals surface area contributed by atoms with Crippen LogP contribution in [0.1, 0.15) is 18.9 Å². The maximum absolute atomic E-state index is 13.8. The summed E-state index contributed by atoms with van der Waals surface area (Å²) in [6.07, 6.45) is 1.43. The average molecular weight is 300 g/mol. The molecular formula is C11H10F2N4O2S. The van der Waals surface area contributed by atoms with E-state index in [1.807, 2.05) is 0 Å². The molecule has 2 N–H and O–H groups in total. The van der Waals surface area contributed by atoms with Gasteiger partial charge in [0.1, 0.15) is 11.6 Å². The van der Waals surface area contributed by atoms with Crippen molar-refractivity contribution in [1.82, 2.24) is 14.8 Å². The van der Waals surface area contributed by atoms with Crippen LogP contribution in [0.5, 0.6) is 0 Å². The van der Waals surface area contributed by atoms with Crippen LogP contribution in [-0.4, -0.2) is 23.2 Å². The lowest BCUT2D eigenvalue weighted by Crippen LogP contribution is -2.18. The van der Waals surface area contributed by atoms with Gasteiger partial charge in [-0.1, -0.05) is 0 Å². The molecule has 0 bridgehead atoms. The van der Waals surface area contributed by atoms with Gasteiger partial charge in [0.05, 0.1) is 5.56 Å². The summed E-state index contributed by atoms with van der Waals surface area (Å²) >= 11 is 0. The molecule has 0 atom stereocenters. The first-order valence-corrected chi connectivity index (χ1v) is 7.35. The number of primary sulfonamides is 1. The quantitative estimate of drug-likeness (QED) is 0.922. The fourth-order valence-electron chi connectivity index (χ4n) is 1.99. The molecule has 2 aromatic rings. The standard InChI is InChI=1S/C11H10F2N4O2S/c12-6-1-4-9(13)8(5-6)10-15-16-11(20(14,18)19)17(10)7-2-3-7/h1,4-5,7H,2-3H2,(H2,14,18,19). The molecule has 1 saturated carbocycles. The molecule has 106 valence electrons. The number of nitrogens with zero attached hydrogens (tertiary/aromatic N) is 3. The number of rotatable bonds is 3. The fraction of sp³-hybridized carbons (Fsp3) is 0.273. The largest absolute Gasteiger partial charge is 0.294 e. The monoisotopic (exact) mass is 300 g/mol. The van der Waals surface area contributed by atoms with Crippen molar-refractivity contribution in [2.75, 3.05) is 0 Å². The number of nitrogens with two attached hydrogens (primary N) is 1. The Labute approximate surface area is 113 Å². The second-order valence-electron chi connectivity index (χ2n) is 4.58. The number of benzene rings is 1. The highest BCUT2D eigenvalue weighted by molar-refractivity contribution is 7.89. The van der Waals surface area contributed by atoms with Crippen molar-refractivity contribution in [3.05, 3.63) is 29.8 Å². The van der Waals surface area contributed by atoms with Crippen molar-refractivity contribution < 1.29 is 17.2 Å². The van der Waals surface area contributed by atoms with Crippen LogP contribution >= 0.6 is 0 Å². The second-order valence-corrected chi connectivity index (χ2v) is 6.03. The molecule has 0 spiro atoms. The molecule has 6 nitrogen and oxygen atoms in total. The molecule has 0 unspecified atom stereocenters. The van der Waals surface area contributed by atoms with Crippen LogP contribution in [-0.2, 0) is 10.0 Å². The summed E-state index contributed by atoms with van der Waals surface area (Å²) in [6, 6.07) is 2.71. The van der Waals surface area contributed by atoms with E-state index in [2.05, 4.69) is 10.2 Å². The van der Waals surface area contributed by atoms with E-state index in [0.717, 1.165) is 18.2 Å². The summed E-state index contributed by atoms with van der Waals surface area (Å²) in [5.74, 6) is -1.39. The van der Waals surface area contributed by atoms with Crippen molar-refractivity contribution in [2.45, 2.75) is 24.0 Å². The Kier molecular flexibility index (Phi) is 2.83. The zero-order valence-corrected chi connectivity index (χ0v) is 10.9. The van der Waals surface area contributed by atoms with Crippen molar-refractivity contribution in [3.63, 3.8) is 0 Å². The van der Waals surface area contributed by atoms with Crippen LogP contribution in [0.4, 0.5) is 8.78 Å². The molecule has 1 aliphatic rings. The molecule has 9 heteroatoms. The number of hydrogen-bond donors (Lipinski definition) is 1. The average Bonchev–Trinajstić information content (AvgIpc) is 3.09. The van der Waals surface area contributed by atoms with Crippen molar-refractivity contribution >= 4 is 10.0 Å². The van der Waals surface area contributed by atoms with Crippen LogP contribution in [0.3, 0.4) is 0 Å². The highest BCUT2D eigenvalue weighted by atomic mass is 32.2. The van der Waals surface area contributed by atoms with Gasteiger partial charge in [0.25, 0.3) is 15.2 Å². The van der Waals surface area contributed by atoms with E-state index >= 15 is 0 Å². The summed E-state index contributed by atoms with van der Waals surface area (Å²) < 4.78 is 51.2. The van der Waals surface area contributed by atoms with E-state index in [1.165, 1.54) is 4.57 Å². The minimum Gasteiger partial charge on any atom is -0.294 e. The van der Waals surface area contributed by atoms with Gasteiger partial charge in [-0.2, -0.15) is 0 Å². The Bertz CT molecular complexity index is 784. The first-order chi connectivity index (χ1) is 9.38. The Hall–Kier alpha value is -1.87. The third-order valence-electron chi connectivity index (χ3n) is 3.00. The topological polar surface area (TPSA) is 90.9 Å². The Morgan fingerprint density at radius 3 is 2.55 bits per heavy atom. The summed E-state index contributed by atoms with van der Waals surface area (Å²) in [5, 5.41) is 11.8. The molecule has 0 amide bonds. The molecule has 1 heterocycles. The van der Waals surface area contributed by atoms with Crippen molar-refractivity contribution in [1.29, 1.82) is 0 Å². The summed E-state index contributed by atoms with van der Waals surface area (Å²) in [6.45, 7) is 0. The third-order valence-corrected chi connectivity index (χ3v) is 3.79. The van der Waals surface area contributed by atoms with Gasteiger partial charge in [-0.05, 0) is 31.0 Å². The minimum absolute atomic E-state index is 0.0338. The zero-order chi connectivity index (χ0) is 14.5. The van der Waals surface area contributed by atoms with Gasteiger partial charge in [0.15, 0.2) is 5.82 Å². The fourth-order valence-corrected chi connectivity index (χ4v) is 2.65. The van der Waals surface area contributed by atoms with Gasteiger partial charge in [0, 0.05) is 6.04 Å². The summed E-state index contributed by atoms with van der Waals surface area (Å²) in [5.41, 5.74) is -0.140. The number of aromatic nitrogens is 3. The van der Waals surface area contributed by atoms with Gasteiger partial charge in [-0.25, -0.2) is 22.3 Å². The lowest BCUT2D eigenvalue weighted by atomic mass is 10.2. The molecule has 1 aliphatic carbocycles. The van der Waals surface area contributed by atoms with Gasteiger partial charge in [-0.3, -0.25) is 4.57 Å². The van der Waals surface area contributed by atoms with E-state index in [-0.39, 0.29) is 17.4 Å². The Morgan fingerprint density at radius 2 is 1.95 bits per heavy atom. The van der Waals surface area contributed by atoms with E-state index < -0.39 is 26.8 Å². The van der Waals surface area contributed by atoms with E-state index in [9.17, 15) is 17.2 Å².